The molecule has 3 aromatic rings. The summed E-state index contributed by atoms with van der Waals surface area (Å²) in [6.45, 7) is 2.01. The maximum Gasteiger partial charge on any atom is 0.416 e. The lowest BCUT2D eigenvalue weighted by Gasteiger charge is -2.04. The van der Waals surface area contributed by atoms with Crippen LogP contribution in [-0.2, 0) is 12.6 Å². The molecule has 0 aliphatic rings. The summed E-state index contributed by atoms with van der Waals surface area (Å²) in [5, 5.41) is 1.92. The fourth-order valence-corrected chi connectivity index (χ4v) is 2.92. The van der Waals surface area contributed by atoms with Gasteiger partial charge in [0.25, 0.3) is 0 Å². The Bertz CT molecular complexity index is 757. The summed E-state index contributed by atoms with van der Waals surface area (Å²) in [7, 11) is 0. The van der Waals surface area contributed by atoms with E-state index in [1.807, 2.05) is 18.4 Å². The van der Waals surface area contributed by atoms with E-state index >= 15 is 0 Å². The van der Waals surface area contributed by atoms with Crippen molar-refractivity contribution in [3.63, 3.8) is 0 Å². The largest absolute Gasteiger partial charge is 0.435 e. The van der Waals surface area contributed by atoms with Gasteiger partial charge in [-0.25, -0.2) is 4.98 Å². The van der Waals surface area contributed by atoms with E-state index in [0.29, 0.717) is 11.5 Å². The van der Waals surface area contributed by atoms with Gasteiger partial charge in [0.05, 0.1) is 10.4 Å². The minimum absolute atomic E-state index is 0.227. The van der Waals surface area contributed by atoms with Crippen LogP contribution in [-0.4, -0.2) is 4.98 Å². The summed E-state index contributed by atoms with van der Waals surface area (Å²) in [4.78, 5) is 5.05. The van der Waals surface area contributed by atoms with Crippen LogP contribution < -0.4 is 0 Å². The van der Waals surface area contributed by atoms with E-state index < -0.39 is 11.7 Å². The normalized spacial score (nSPS) is 12.2. The van der Waals surface area contributed by atoms with Crippen LogP contribution in [0.2, 0.25) is 0 Å². The first-order valence-corrected chi connectivity index (χ1v) is 6.91. The summed E-state index contributed by atoms with van der Waals surface area (Å²) >= 11 is 1.47. The summed E-state index contributed by atoms with van der Waals surface area (Å²) in [6, 6.07) is 5.30. The highest BCUT2D eigenvalue weighted by molar-refractivity contribution is 7.13. The molecule has 0 saturated heterocycles. The molecule has 20 heavy (non-hydrogen) atoms. The van der Waals surface area contributed by atoms with Gasteiger partial charge in [0, 0.05) is 0 Å². The average molecular weight is 297 g/mol. The van der Waals surface area contributed by atoms with E-state index in [9.17, 15) is 13.2 Å². The number of hydrogen-bond acceptors (Lipinski definition) is 3. The van der Waals surface area contributed by atoms with Gasteiger partial charge in [-0.1, -0.05) is 6.92 Å². The van der Waals surface area contributed by atoms with Gasteiger partial charge in [0.1, 0.15) is 5.52 Å². The number of alkyl halides is 3. The molecule has 6 heteroatoms. The molecule has 0 amide bonds. The molecule has 2 aromatic heterocycles. The number of fused-ring (bicyclic) bond motifs is 1. The Morgan fingerprint density at radius 3 is 2.75 bits per heavy atom. The zero-order chi connectivity index (χ0) is 14.3. The van der Waals surface area contributed by atoms with Crippen molar-refractivity contribution in [2.24, 2.45) is 0 Å². The molecular formula is C14H10F3NOS. The molecule has 3 rings (SSSR count). The number of aryl methyl sites for hydroxylation is 1. The predicted octanol–water partition coefficient (Wildman–Crippen LogP) is 5.14. The van der Waals surface area contributed by atoms with Crippen LogP contribution in [0.5, 0.6) is 0 Å². The van der Waals surface area contributed by atoms with Crippen LogP contribution in [0.4, 0.5) is 13.2 Å². The van der Waals surface area contributed by atoms with Crippen molar-refractivity contribution in [2.45, 2.75) is 19.5 Å². The Morgan fingerprint density at radius 2 is 2.05 bits per heavy atom. The topological polar surface area (TPSA) is 26.0 Å². The predicted molar refractivity (Wildman–Crippen MR) is 71.7 cm³/mol. The van der Waals surface area contributed by atoms with Crippen molar-refractivity contribution in [1.29, 1.82) is 0 Å². The summed E-state index contributed by atoms with van der Waals surface area (Å²) in [6.07, 6.45) is -3.55. The highest BCUT2D eigenvalue weighted by Gasteiger charge is 2.31. The molecule has 0 radical (unpaired) electrons. The van der Waals surface area contributed by atoms with Crippen molar-refractivity contribution < 1.29 is 17.6 Å². The summed E-state index contributed by atoms with van der Waals surface area (Å²) in [5.41, 5.74) is 0.957. The van der Waals surface area contributed by atoms with E-state index in [2.05, 4.69) is 4.98 Å². The molecule has 1 aromatic carbocycles. The Hall–Kier alpha value is -1.82. The SMILES string of the molecule is CCc1ccsc1-c1nc2cc(C(F)(F)F)ccc2o1. The second kappa shape index (κ2) is 4.63. The zero-order valence-corrected chi connectivity index (χ0v) is 11.3. The van der Waals surface area contributed by atoms with Crippen LogP contribution in [0.25, 0.3) is 21.9 Å². The quantitative estimate of drug-likeness (QED) is 0.654. The van der Waals surface area contributed by atoms with Crippen molar-refractivity contribution in [3.05, 3.63) is 40.8 Å². The van der Waals surface area contributed by atoms with Crippen molar-refractivity contribution in [2.75, 3.05) is 0 Å². The number of aromatic nitrogens is 1. The van der Waals surface area contributed by atoms with Gasteiger partial charge in [-0.15, -0.1) is 11.3 Å². The molecule has 0 aliphatic carbocycles. The maximum atomic E-state index is 12.7. The Labute approximate surface area is 116 Å². The Kier molecular flexibility index (Phi) is 3.05. The monoisotopic (exact) mass is 297 g/mol. The first-order valence-electron chi connectivity index (χ1n) is 6.03. The average Bonchev–Trinajstić information content (AvgIpc) is 3.02. The third-order valence-corrected chi connectivity index (χ3v) is 3.98. The van der Waals surface area contributed by atoms with Gasteiger partial charge < -0.3 is 4.42 Å². The van der Waals surface area contributed by atoms with Gasteiger partial charge in [-0.05, 0) is 41.6 Å². The third kappa shape index (κ3) is 2.20. The van der Waals surface area contributed by atoms with Gasteiger partial charge >= 0.3 is 6.18 Å². The number of hydrogen-bond donors (Lipinski definition) is 0. The lowest BCUT2D eigenvalue weighted by molar-refractivity contribution is -0.137. The molecule has 0 unspecified atom stereocenters. The number of benzene rings is 1. The second-order valence-electron chi connectivity index (χ2n) is 4.33. The van der Waals surface area contributed by atoms with Crippen molar-refractivity contribution >= 4 is 22.4 Å². The summed E-state index contributed by atoms with van der Waals surface area (Å²) in [5.74, 6) is 0.381. The number of halogens is 3. The Balaban J connectivity index is 2.12. The smallest absolute Gasteiger partial charge is 0.416 e. The molecule has 0 aliphatic heterocycles. The van der Waals surface area contributed by atoms with Gasteiger partial charge in [-0.3, -0.25) is 0 Å². The fourth-order valence-electron chi connectivity index (χ4n) is 2.00. The lowest BCUT2D eigenvalue weighted by Crippen LogP contribution is -2.03. The first-order chi connectivity index (χ1) is 9.49. The molecule has 0 atom stereocenters. The highest BCUT2D eigenvalue weighted by atomic mass is 32.1. The number of rotatable bonds is 2. The number of oxazole rings is 1. The van der Waals surface area contributed by atoms with Gasteiger partial charge in [0.15, 0.2) is 5.58 Å². The molecule has 2 heterocycles. The molecule has 0 N–H and O–H groups in total. The van der Waals surface area contributed by atoms with E-state index in [1.54, 1.807) is 0 Å². The number of thiophene rings is 1. The minimum atomic E-state index is -4.37. The van der Waals surface area contributed by atoms with E-state index in [0.717, 1.165) is 29.0 Å². The van der Waals surface area contributed by atoms with E-state index in [4.69, 9.17) is 4.42 Å². The van der Waals surface area contributed by atoms with Crippen LogP contribution >= 0.6 is 11.3 Å². The maximum absolute atomic E-state index is 12.7. The van der Waals surface area contributed by atoms with Gasteiger partial charge in [0.2, 0.25) is 5.89 Å². The Morgan fingerprint density at radius 1 is 1.25 bits per heavy atom. The molecule has 0 saturated carbocycles. The van der Waals surface area contributed by atoms with Gasteiger partial charge in [-0.2, -0.15) is 13.2 Å². The van der Waals surface area contributed by atoms with Crippen LogP contribution in [0.3, 0.4) is 0 Å². The third-order valence-electron chi connectivity index (χ3n) is 3.04. The van der Waals surface area contributed by atoms with Crippen LogP contribution in [0.15, 0.2) is 34.1 Å². The van der Waals surface area contributed by atoms with Crippen molar-refractivity contribution in [1.82, 2.24) is 4.98 Å². The minimum Gasteiger partial charge on any atom is -0.435 e. The molecule has 0 fully saturated rings. The molecule has 2 nitrogen and oxygen atoms in total. The van der Waals surface area contributed by atoms with Crippen molar-refractivity contribution in [3.8, 4) is 10.8 Å². The highest BCUT2D eigenvalue weighted by Crippen LogP contribution is 2.35. The zero-order valence-electron chi connectivity index (χ0n) is 10.5. The standard InChI is InChI=1S/C14H10F3NOS/c1-2-8-5-6-20-12(8)13-18-10-7-9(14(15,16)17)3-4-11(10)19-13/h3-7H,2H2,1H3. The first kappa shape index (κ1) is 13.2. The molecule has 104 valence electrons. The molecule has 0 bridgehead atoms. The molecular weight excluding hydrogens is 287 g/mol. The summed E-state index contributed by atoms with van der Waals surface area (Å²) < 4.78 is 43.5. The lowest BCUT2D eigenvalue weighted by atomic mass is 10.2. The van der Waals surface area contributed by atoms with Crippen LogP contribution in [0, 0.1) is 0 Å². The molecule has 0 spiro atoms. The van der Waals surface area contributed by atoms with E-state index in [-0.39, 0.29) is 5.52 Å². The van der Waals surface area contributed by atoms with E-state index in [1.165, 1.54) is 17.4 Å². The second-order valence-corrected chi connectivity index (χ2v) is 5.24. The number of nitrogens with zero attached hydrogens (tertiary/aromatic N) is 1. The fraction of sp³-hybridized carbons (Fsp3) is 0.214. The van der Waals surface area contributed by atoms with Crippen LogP contribution in [0.1, 0.15) is 18.1 Å².